The first-order valence-corrected chi connectivity index (χ1v) is 4.76. The van der Waals surface area contributed by atoms with Crippen molar-refractivity contribution in [2.45, 2.75) is 19.3 Å². The number of rotatable bonds is 1. The van der Waals surface area contributed by atoms with Gasteiger partial charge in [-0.05, 0) is 12.8 Å². The fraction of sp³-hybridized carbons (Fsp3) is 0.300. The molecule has 0 radical (unpaired) electrons. The van der Waals surface area contributed by atoms with Crippen LogP contribution in [0.1, 0.15) is 39.3 Å². The Morgan fingerprint density at radius 3 is 2.81 bits per heavy atom. The van der Waals surface area contributed by atoms with Gasteiger partial charge in [0.05, 0.1) is 5.56 Å². The minimum Gasteiger partial charge on any atom is -0.363 e. The largest absolute Gasteiger partial charge is 0.384 e. The molecular formula is C10H8FNO4. The average Bonchev–Trinajstić information content (AvgIpc) is 2.28. The molecule has 0 saturated carbocycles. The summed E-state index contributed by atoms with van der Waals surface area (Å²) in [6.07, 6.45) is 2.57. The predicted octanol–water partition coefficient (Wildman–Crippen LogP) is 0.935. The number of ketones is 1. The average molecular weight is 225 g/mol. The first kappa shape index (κ1) is 10.5. The van der Waals surface area contributed by atoms with Crippen molar-refractivity contribution >= 4 is 11.8 Å². The molecule has 1 aromatic rings. The van der Waals surface area contributed by atoms with E-state index in [1.54, 1.807) is 0 Å². The normalized spacial score (nSPS) is 14.4. The number of pyridine rings is 1. The predicted molar refractivity (Wildman–Crippen MR) is 50.9 cm³/mol. The van der Waals surface area contributed by atoms with Crippen molar-refractivity contribution in [1.82, 2.24) is 4.98 Å². The van der Waals surface area contributed by atoms with Crippen LogP contribution in [0.25, 0.3) is 0 Å². The van der Waals surface area contributed by atoms with Gasteiger partial charge in [0.25, 0.3) is 0 Å². The highest BCUT2D eigenvalue weighted by Crippen LogP contribution is 2.16. The third-order valence-electron chi connectivity index (χ3n) is 2.56. The van der Waals surface area contributed by atoms with E-state index in [4.69, 9.17) is 0 Å². The van der Waals surface area contributed by atoms with Crippen molar-refractivity contribution in [2.75, 3.05) is 0 Å². The molecule has 1 aliphatic carbocycles. The molecule has 1 aliphatic rings. The minimum absolute atomic E-state index is 0.0471. The number of fused-ring (bicyclic) bond motifs is 1. The zero-order valence-corrected chi connectivity index (χ0v) is 8.21. The van der Waals surface area contributed by atoms with E-state index >= 15 is 0 Å². The Morgan fingerprint density at radius 2 is 2.12 bits per heavy atom. The lowest BCUT2D eigenvalue weighted by Gasteiger charge is -2.13. The van der Waals surface area contributed by atoms with Crippen LogP contribution in [-0.2, 0) is 11.4 Å². The summed E-state index contributed by atoms with van der Waals surface area (Å²) in [5.74, 6) is -1.71. The van der Waals surface area contributed by atoms with Crippen LogP contribution < -0.4 is 5.43 Å². The van der Waals surface area contributed by atoms with E-state index in [0.29, 0.717) is 18.5 Å². The summed E-state index contributed by atoms with van der Waals surface area (Å²) in [6.45, 7) is 0. The molecule has 0 aromatic carbocycles. The van der Waals surface area contributed by atoms with Gasteiger partial charge >= 0.3 is 5.97 Å². The molecule has 1 aromatic heterocycles. The fourth-order valence-corrected chi connectivity index (χ4v) is 1.80. The van der Waals surface area contributed by atoms with E-state index < -0.39 is 17.0 Å². The highest BCUT2D eigenvalue weighted by molar-refractivity contribution is 6.00. The minimum atomic E-state index is -1.39. The Bertz CT molecular complexity index is 520. The zero-order valence-electron chi connectivity index (χ0n) is 8.21. The molecule has 0 saturated heterocycles. The number of carbonyl (C=O) groups is 2. The SMILES string of the molecule is O=C(OF)c1c[nH]c2c(c1=O)C(=O)CCC2. The molecule has 0 spiro atoms. The molecule has 16 heavy (non-hydrogen) atoms. The molecule has 0 atom stereocenters. The number of halogens is 1. The highest BCUT2D eigenvalue weighted by Gasteiger charge is 2.25. The number of aromatic amines is 1. The van der Waals surface area contributed by atoms with E-state index in [-0.39, 0.29) is 17.8 Å². The maximum Gasteiger partial charge on any atom is 0.384 e. The Morgan fingerprint density at radius 1 is 1.38 bits per heavy atom. The third-order valence-corrected chi connectivity index (χ3v) is 2.56. The number of nitrogens with one attached hydrogen (secondary N) is 1. The maximum atomic E-state index is 11.7. The van der Waals surface area contributed by atoms with E-state index in [2.05, 4.69) is 9.93 Å². The summed E-state index contributed by atoms with van der Waals surface area (Å²) in [4.78, 5) is 39.7. The number of carbonyl (C=O) groups excluding carboxylic acids is 2. The molecule has 5 nitrogen and oxygen atoms in total. The molecule has 0 bridgehead atoms. The summed E-state index contributed by atoms with van der Waals surface area (Å²) in [6, 6.07) is 0. The van der Waals surface area contributed by atoms with E-state index in [1.165, 1.54) is 0 Å². The maximum absolute atomic E-state index is 11.7. The summed E-state index contributed by atoms with van der Waals surface area (Å²) < 4.78 is 11.7. The highest BCUT2D eigenvalue weighted by atomic mass is 19.3. The summed E-state index contributed by atoms with van der Waals surface area (Å²) >= 11 is 0. The van der Waals surface area contributed by atoms with Gasteiger partial charge in [0.1, 0.15) is 5.56 Å². The lowest BCUT2D eigenvalue weighted by atomic mass is 9.93. The summed E-state index contributed by atoms with van der Waals surface area (Å²) in [7, 11) is 0. The van der Waals surface area contributed by atoms with Crippen LogP contribution in [0, 0.1) is 0 Å². The first-order chi connectivity index (χ1) is 7.65. The number of Topliss-reactive ketones (excluding diaryl/α,β-unsaturated/α-hetero) is 1. The number of hydrogen-bond acceptors (Lipinski definition) is 4. The quantitative estimate of drug-likeness (QED) is 0.771. The standard InChI is InChI=1S/C10H8FNO4/c11-16-10(15)5-4-12-6-2-1-3-7(13)8(6)9(5)14/h4H,1-3H2,(H,12,14). The molecule has 0 amide bonds. The van der Waals surface area contributed by atoms with E-state index in [0.717, 1.165) is 6.20 Å². The van der Waals surface area contributed by atoms with Crippen LogP contribution in [0.3, 0.4) is 0 Å². The van der Waals surface area contributed by atoms with Gasteiger partial charge in [-0.3, -0.25) is 9.59 Å². The van der Waals surface area contributed by atoms with Gasteiger partial charge in [-0.1, -0.05) is 0 Å². The van der Waals surface area contributed by atoms with Crippen LogP contribution in [0.5, 0.6) is 0 Å². The van der Waals surface area contributed by atoms with Crippen LogP contribution >= 0.6 is 0 Å². The van der Waals surface area contributed by atoms with E-state index in [1.807, 2.05) is 0 Å². The summed E-state index contributed by atoms with van der Waals surface area (Å²) in [5, 5.41) is 0. The number of H-pyrrole nitrogens is 1. The smallest absolute Gasteiger partial charge is 0.363 e. The van der Waals surface area contributed by atoms with Crippen molar-refractivity contribution in [3.63, 3.8) is 0 Å². The van der Waals surface area contributed by atoms with Gasteiger partial charge in [0.2, 0.25) is 5.43 Å². The Hall–Kier alpha value is -1.98. The molecule has 1 N–H and O–H groups in total. The molecule has 84 valence electrons. The zero-order chi connectivity index (χ0) is 11.7. The Kier molecular flexibility index (Phi) is 2.55. The van der Waals surface area contributed by atoms with Crippen LogP contribution in [0.15, 0.2) is 11.0 Å². The lowest BCUT2D eigenvalue weighted by Crippen LogP contribution is -2.28. The Balaban J connectivity index is 2.63. The molecule has 2 rings (SSSR count). The molecule has 1 heterocycles. The van der Waals surface area contributed by atoms with Gasteiger partial charge in [-0.2, -0.15) is 0 Å². The molecule has 0 aliphatic heterocycles. The fourth-order valence-electron chi connectivity index (χ4n) is 1.80. The summed E-state index contributed by atoms with van der Waals surface area (Å²) in [5.41, 5.74) is -0.802. The van der Waals surface area contributed by atoms with Crippen molar-refractivity contribution < 1.29 is 19.1 Å². The lowest BCUT2D eigenvalue weighted by molar-refractivity contribution is -0.0789. The van der Waals surface area contributed by atoms with Gasteiger partial charge in [-0.15, -0.1) is 0 Å². The molecule has 0 fully saturated rings. The topological polar surface area (TPSA) is 76.2 Å². The van der Waals surface area contributed by atoms with Gasteiger partial charge < -0.3 is 4.98 Å². The van der Waals surface area contributed by atoms with Gasteiger partial charge in [0.15, 0.2) is 5.78 Å². The number of aromatic nitrogens is 1. The third kappa shape index (κ3) is 1.52. The van der Waals surface area contributed by atoms with Crippen LogP contribution in [0.4, 0.5) is 4.53 Å². The van der Waals surface area contributed by atoms with Gasteiger partial charge in [-0.25, -0.2) is 9.74 Å². The second-order valence-corrected chi connectivity index (χ2v) is 3.53. The van der Waals surface area contributed by atoms with Crippen molar-refractivity contribution in [3.8, 4) is 0 Å². The molecule has 6 heteroatoms. The second kappa shape index (κ2) is 3.88. The van der Waals surface area contributed by atoms with Crippen molar-refractivity contribution in [3.05, 3.63) is 33.2 Å². The first-order valence-electron chi connectivity index (χ1n) is 4.76. The van der Waals surface area contributed by atoms with Crippen molar-refractivity contribution in [1.29, 1.82) is 0 Å². The van der Waals surface area contributed by atoms with Gasteiger partial charge in [0, 0.05) is 22.8 Å². The molecular weight excluding hydrogens is 217 g/mol. The monoisotopic (exact) mass is 225 g/mol. The Labute approximate surface area is 89.1 Å². The number of hydrogen-bond donors (Lipinski definition) is 1. The number of aryl methyl sites for hydroxylation is 1. The molecule has 0 unspecified atom stereocenters. The van der Waals surface area contributed by atoms with Crippen LogP contribution in [0.2, 0.25) is 0 Å². The van der Waals surface area contributed by atoms with Crippen LogP contribution in [-0.4, -0.2) is 16.7 Å². The second-order valence-electron chi connectivity index (χ2n) is 3.53. The van der Waals surface area contributed by atoms with Crippen molar-refractivity contribution in [2.24, 2.45) is 0 Å². The van der Waals surface area contributed by atoms with E-state index in [9.17, 15) is 18.9 Å².